The first-order chi connectivity index (χ1) is 10.7. The predicted octanol–water partition coefficient (Wildman–Crippen LogP) is 1.43. The number of esters is 1. The van der Waals surface area contributed by atoms with Gasteiger partial charge in [0.25, 0.3) is 17.3 Å². The third-order valence-electron chi connectivity index (χ3n) is 3.04. The Kier molecular flexibility index (Phi) is 5.71. The van der Waals surface area contributed by atoms with Gasteiger partial charge in [0.2, 0.25) is 0 Å². The Morgan fingerprint density at radius 3 is 2.22 bits per heavy atom. The molecule has 0 aliphatic heterocycles. The van der Waals surface area contributed by atoms with Crippen molar-refractivity contribution in [2.45, 2.75) is 19.9 Å². The Bertz CT molecular complexity index is 657. The molecule has 0 heterocycles. The minimum absolute atomic E-state index is 0.316. The van der Waals surface area contributed by atoms with Crippen molar-refractivity contribution in [2.75, 3.05) is 7.11 Å². The molecule has 1 rings (SSSR count). The topological polar surface area (TPSA) is 142 Å². The van der Waals surface area contributed by atoms with Crippen LogP contribution >= 0.6 is 0 Å². The first kappa shape index (κ1) is 18.0. The highest BCUT2D eigenvalue weighted by Gasteiger charge is 2.29. The van der Waals surface area contributed by atoms with Crippen LogP contribution in [0, 0.1) is 26.1 Å². The van der Waals surface area contributed by atoms with Crippen molar-refractivity contribution in [1.29, 1.82) is 0 Å². The molecule has 0 saturated heterocycles. The number of nitrogens with one attached hydrogen (secondary N) is 1. The van der Waals surface area contributed by atoms with Crippen molar-refractivity contribution < 1.29 is 24.2 Å². The van der Waals surface area contributed by atoms with Gasteiger partial charge in [-0.3, -0.25) is 25.0 Å². The van der Waals surface area contributed by atoms with Crippen molar-refractivity contribution in [3.8, 4) is 0 Å². The lowest BCUT2D eigenvalue weighted by Gasteiger charge is -2.19. The Morgan fingerprint density at radius 1 is 1.17 bits per heavy atom. The standard InChI is InChI=1S/C13H15N3O7/c1-7(2)11(13(18)23-3)14-12(17)9-5-4-8(15(19)20)6-10(9)16(21)22/h4-7,11H,1-3H3,(H,14,17)/t11-/m1/s1. The average molecular weight is 325 g/mol. The number of nitro benzene ring substituents is 2. The van der Waals surface area contributed by atoms with Crippen LogP contribution in [0.2, 0.25) is 0 Å². The van der Waals surface area contributed by atoms with E-state index in [0.29, 0.717) is 6.07 Å². The van der Waals surface area contributed by atoms with Gasteiger partial charge in [0.1, 0.15) is 11.6 Å². The van der Waals surface area contributed by atoms with E-state index in [1.807, 2.05) is 0 Å². The van der Waals surface area contributed by atoms with Crippen molar-refractivity contribution in [3.63, 3.8) is 0 Å². The lowest BCUT2D eigenvalue weighted by atomic mass is 10.0. The summed E-state index contributed by atoms with van der Waals surface area (Å²) < 4.78 is 4.56. The summed E-state index contributed by atoms with van der Waals surface area (Å²) >= 11 is 0. The van der Waals surface area contributed by atoms with Crippen molar-refractivity contribution >= 4 is 23.3 Å². The highest BCUT2D eigenvalue weighted by Crippen LogP contribution is 2.24. The summed E-state index contributed by atoms with van der Waals surface area (Å²) in [6, 6.07) is 1.64. The SMILES string of the molecule is COC(=O)[C@H](NC(=O)c1ccc([N+](=O)[O-])cc1[N+](=O)[O-])C(C)C. The number of methoxy groups -OCH3 is 1. The van der Waals surface area contributed by atoms with Gasteiger partial charge in [-0.1, -0.05) is 13.8 Å². The predicted molar refractivity (Wildman–Crippen MR) is 77.9 cm³/mol. The van der Waals surface area contributed by atoms with Gasteiger partial charge in [0.05, 0.1) is 23.0 Å². The highest BCUT2D eigenvalue weighted by atomic mass is 16.6. The van der Waals surface area contributed by atoms with Crippen molar-refractivity contribution in [3.05, 3.63) is 44.0 Å². The maximum absolute atomic E-state index is 12.2. The molecule has 0 fully saturated rings. The second-order valence-electron chi connectivity index (χ2n) is 4.93. The Morgan fingerprint density at radius 2 is 1.78 bits per heavy atom. The Labute approximate surface area is 130 Å². The zero-order chi connectivity index (χ0) is 17.7. The van der Waals surface area contributed by atoms with E-state index in [9.17, 15) is 29.8 Å². The van der Waals surface area contributed by atoms with E-state index in [0.717, 1.165) is 19.2 Å². The number of benzene rings is 1. The number of non-ortho nitro benzene ring substituents is 1. The molecule has 0 aliphatic carbocycles. The van der Waals surface area contributed by atoms with Gasteiger partial charge >= 0.3 is 5.97 Å². The molecule has 1 aromatic rings. The molecule has 124 valence electrons. The maximum atomic E-state index is 12.2. The molecule has 0 aliphatic rings. The molecule has 0 aromatic heterocycles. The van der Waals surface area contributed by atoms with Gasteiger partial charge in [-0.05, 0) is 12.0 Å². The van der Waals surface area contributed by atoms with Gasteiger partial charge < -0.3 is 10.1 Å². The summed E-state index contributed by atoms with van der Waals surface area (Å²) in [5.74, 6) is -1.91. The van der Waals surface area contributed by atoms with E-state index >= 15 is 0 Å². The molecule has 23 heavy (non-hydrogen) atoms. The molecule has 0 unspecified atom stereocenters. The van der Waals surface area contributed by atoms with Crippen LogP contribution in [0.5, 0.6) is 0 Å². The van der Waals surface area contributed by atoms with E-state index in [-0.39, 0.29) is 11.5 Å². The van der Waals surface area contributed by atoms with Crippen LogP contribution in [0.15, 0.2) is 18.2 Å². The summed E-state index contributed by atoms with van der Waals surface area (Å²) in [6.45, 7) is 3.32. The molecular weight excluding hydrogens is 310 g/mol. The molecule has 1 N–H and O–H groups in total. The average Bonchev–Trinajstić information content (AvgIpc) is 2.50. The van der Waals surface area contributed by atoms with Gasteiger partial charge in [-0.25, -0.2) is 4.79 Å². The molecule has 0 bridgehead atoms. The number of amides is 1. The quantitative estimate of drug-likeness (QED) is 0.473. The van der Waals surface area contributed by atoms with Crippen LogP contribution in [0.1, 0.15) is 24.2 Å². The maximum Gasteiger partial charge on any atom is 0.328 e. The fourth-order valence-electron chi connectivity index (χ4n) is 1.82. The number of rotatable bonds is 6. The number of nitrogens with zero attached hydrogens (tertiary/aromatic N) is 2. The van der Waals surface area contributed by atoms with E-state index in [4.69, 9.17) is 0 Å². The molecule has 0 radical (unpaired) electrons. The molecule has 1 aromatic carbocycles. The van der Waals surface area contributed by atoms with Crippen molar-refractivity contribution in [1.82, 2.24) is 5.32 Å². The minimum atomic E-state index is -0.998. The van der Waals surface area contributed by atoms with Gasteiger partial charge in [-0.15, -0.1) is 0 Å². The van der Waals surface area contributed by atoms with E-state index in [1.54, 1.807) is 13.8 Å². The van der Waals surface area contributed by atoms with Gasteiger partial charge in [-0.2, -0.15) is 0 Å². The number of ether oxygens (including phenoxy) is 1. The smallest absolute Gasteiger partial charge is 0.328 e. The van der Waals surface area contributed by atoms with Gasteiger partial charge in [0.15, 0.2) is 0 Å². The van der Waals surface area contributed by atoms with Crippen LogP contribution in [0.25, 0.3) is 0 Å². The van der Waals surface area contributed by atoms with E-state index in [1.165, 1.54) is 0 Å². The summed E-state index contributed by atoms with van der Waals surface area (Å²) in [5, 5.41) is 24.0. The normalized spacial score (nSPS) is 11.7. The zero-order valence-electron chi connectivity index (χ0n) is 12.6. The monoisotopic (exact) mass is 325 g/mol. The fourth-order valence-corrected chi connectivity index (χ4v) is 1.82. The molecule has 1 atom stereocenters. The van der Waals surface area contributed by atoms with Crippen LogP contribution in [0.4, 0.5) is 11.4 Å². The summed E-state index contributed by atoms with van der Waals surface area (Å²) in [4.78, 5) is 43.8. The first-order valence-electron chi connectivity index (χ1n) is 6.50. The molecular formula is C13H15N3O7. The number of carbonyl (C=O) groups excluding carboxylic acids is 2. The number of nitro groups is 2. The summed E-state index contributed by atoms with van der Waals surface area (Å²) in [7, 11) is 1.15. The molecule has 1 amide bonds. The fraction of sp³-hybridized carbons (Fsp3) is 0.385. The summed E-state index contributed by atoms with van der Waals surface area (Å²) in [5.41, 5.74) is -1.61. The zero-order valence-corrected chi connectivity index (χ0v) is 12.6. The van der Waals surface area contributed by atoms with E-state index < -0.39 is 39.1 Å². The van der Waals surface area contributed by atoms with Crippen LogP contribution in [0.3, 0.4) is 0 Å². The second-order valence-corrected chi connectivity index (χ2v) is 4.93. The summed E-state index contributed by atoms with van der Waals surface area (Å²) in [6.07, 6.45) is 0. The molecule has 10 nitrogen and oxygen atoms in total. The first-order valence-corrected chi connectivity index (χ1v) is 6.50. The molecule has 0 saturated carbocycles. The molecule has 0 spiro atoms. The number of hydrogen-bond acceptors (Lipinski definition) is 7. The second kappa shape index (κ2) is 7.29. The highest BCUT2D eigenvalue weighted by molar-refractivity contribution is 6.00. The van der Waals surface area contributed by atoms with Crippen molar-refractivity contribution in [2.24, 2.45) is 5.92 Å². The van der Waals surface area contributed by atoms with Gasteiger partial charge in [0, 0.05) is 6.07 Å². The minimum Gasteiger partial charge on any atom is -0.467 e. The Hall–Kier alpha value is -3.04. The van der Waals surface area contributed by atoms with Crippen LogP contribution < -0.4 is 5.32 Å². The largest absolute Gasteiger partial charge is 0.467 e. The Balaban J connectivity index is 3.19. The number of carbonyl (C=O) groups is 2. The third kappa shape index (κ3) is 4.22. The van der Waals surface area contributed by atoms with Crippen LogP contribution in [-0.2, 0) is 9.53 Å². The number of hydrogen-bond donors (Lipinski definition) is 1. The van der Waals surface area contributed by atoms with Crippen LogP contribution in [-0.4, -0.2) is 34.9 Å². The molecule has 10 heteroatoms. The third-order valence-corrected chi connectivity index (χ3v) is 3.04. The lowest BCUT2D eigenvalue weighted by Crippen LogP contribution is -2.45. The van der Waals surface area contributed by atoms with E-state index in [2.05, 4.69) is 10.1 Å². The lowest BCUT2D eigenvalue weighted by molar-refractivity contribution is -0.394.